The van der Waals surface area contributed by atoms with Gasteiger partial charge in [0, 0.05) is 24.9 Å². The molecule has 0 aromatic carbocycles. The van der Waals surface area contributed by atoms with E-state index in [1.165, 1.54) is 0 Å². The molecule has 1 N–H and O–H groups in total. The van der Waals surface area contributed by atoms with Crippen molar-refractivity contribution in [2.24, 2.45) is 5.92 Å². The minimum Gasteiger partial charge on any atom is -0.300 e. The Kier molecular flexibility index (Phi) is 3.50. The minimum atomic E-state index is -0.159. The fourth-order valence-electron chi connectivity index (χ4n) is 1.60. The second-order valence-corrected chi connectivity index (χ2v) is 4.86. The Bertz CT molecular complexity index is 276. The van der Waals surface area contributed by atoms with Crippen LogP contribution in [0.1, 0.15) is 40.5 Å². The van der Waals surface area contributed by atoms with Crippen molar-refractivity contribution in [2.75, 3.05) is 6.54 Å². The second kappa shape index (κ2) is 4.31. The van der Waals surface area contributed by atoms with E-state index in [0.29, 0.717) is 25.3 Å². The third kappa shape index (κ3) is 2.78. The van der Waals surface area contributed by atoms with Crippen molar-refractivity contribution in [3.63, 3.8) is 0 Å². The number of hydrogen-bond donors (Lipinski definition) is 1. The van der Waals surface area contributed by atoms with E-state index < -0.39 is 0 Å². The summed E-state index contributed by atoms with van der Waals surface area (Å²) in [6, 6.07) is 0. The lowest BCUT2D eigenvalue weighted by Crippen LogP contribution is -2.47. The molecule has 1 atom stereocenters. The molecule has 0 aliphatic carbocycles. The van der Waals surface area contributed by atoms with Crippen LogP contribution in [0.2, 0.25) is 0 Å². The lowest BCUT2D eigenvalue weighted by molar-refractivity contribution is -0.130. The van der Waals surface area contributed by atoms with E-state index in [-0.39, 0.29) is 17.2 Å². The van der Waals surface area contributed by atoms with Crippen LogP contribution in [0.15, 0.2) is 0 Å². The highest BCUT2D eigenvalue weighted by Gasteiger charge is 2.40. The van der Waals surface area contributed by atoms with Crippen molar-refractivity contribution in [3.05, 3.63) is 0 Å². The third-order valence-electron chi connectivity index (χ3n) is 3.17. The van der Waals surface area contributed by atoms with Crippen LogP contribution in [-0.2, 0) is 9.59 Å². The smallest absolute Gasteiger partial charge is 0.238 e. The number of ketones is 1. The number of Topliss-reactive ketones (excluding diaryl/α,β-unsaturated/α-hetero) is 1. The first-order chi connectivity index (χ1) is 6.85. The average Bonchev–Trinajstić information content (AvgIpc) is 2.39. The van der Waals surface area contributed by atoms with Crippen molar-refractivity contribution < 1.29 is 9.59 Å². The summed E-state index contributed by atoms with van der Waals surface area (Å²) in [4.78, 5) is 22.5. The zero-order chi connectivity index (χ0) is 11.6. The molecule has 1 unspecified atom stereocenters. The molecule has 0 saturated carbocycles. The topological polar surface area (TPSA) is 49.4 Å². The molecule has 4 heteroatoms. The molecular weight excluding hydrogens is 192 g/mol. The monoisotopic (exact) mass is 212 g/mol. The largest absolute Gasteiger partial charge is 0.300 e. The Labute approximate surface area is 91.0 Å². The van der Waals surface area contributed by atoms with Crippen LogP contribution >= 0.6 is 0 Å². The zero-order valence-electron chi connectivity index (χ0n) is 9.96. The highest BCUT2D eigenvalue weighted by molar-refractivity contribution is 5.80. The first-order valence-electron chi connectivity index (χ1n) is 5.43. The third-order valence-corrected chi connectivity index (χ3v) is 3.17. The molecule has 86 valence electrons. The molecule has 1 rings (SSSR count). The SMILES string of the molecule is CC(=O)CCN1NC(C)(C(C)C)CC1=O. The normalized spacial score (nSPS) is 26.5. The van der Waals surface area contributed by atoms with Gasteiger partial charge in [-0.25, -0.2) is 5.43 Å². The summed E-state index contributed by atoms with van der Waals surface area (Å²) in [7, 11) is 0. The van der Waals surface area contributed by atoms with E-state index >= 15 is 0 Å². The van der Waals surface area contributed by atoms with Crippen LogP contribution in [0.5, 0.6) is 0 Å². The molecule has 1 fully saturated rings. The Morgan fingerprint density at radius 3 is 2.60 bits per heavy atom. The van der Waals surface area contributed by atoms with Gasteiger partial charge in [0.25, 0.3) is 0 Å². The van der Waals surface area contributed by atoms with Crippen molar-refractivity contribution in [1.29, 1.82) is 0 Å². The first-order valence-corrected chi connectivity index (χ1v) is 5.43. The van der Waals surface area contributed by atoms with Gasteiger partial charge in [0.15, 0.2) is 0 Å². The summed E-state index contributed by atoms with van der Waals surface area (Å²) < 4.78 is 0. The molecular formula is C11H20N2O2. The highest BCUT2D eigenvalue weighted by Crippen LogP contribution is 2.27. The predicted molar refractivity (Wildman–Crippen MR) is 58.0 cm³/mol. The number of nitrogens with one attached hydrogen (secondary N) is 1. The number of carbonyl (C=O) groups excluding carboxylic acids is 2. The van der Waals surface area contributed by atoms with Crippen molar-refractivity contribution in [3.8, 4) is 0 Å². The number of nitrogens with zero attached hydrogens (tertiary/aromatic N) is 1. The molecule has 0 bridgehead atoms. The fraction of sp³-hybridized carbons (Fsp3) is 0.818. The van der Waals surface area contributed by atoms with Gasteiger partial charge in [0.1, 0.15) is 5.78 Å². The van der Waals surface area contributed by atoms with Gasteiger partial charge in [-0.1, -0.05) is 13.8 Å². The summed E-state index contributed by atoms with van der Waals surface area (Å²) in [5.41, 5.74) is 3.04. The maximum absolute atomic E-state index is 11.7. The van der Waals surface area contributed by atoms with E-state index in [1.807, 2.05) is 6.92 Å². The minimum absolute atomic E-state index is 0.0902. The van der Waals surface area contributed by atoms with Crippen molar-refractivity contribution in [2.45, 2.75) is 46.1 Å². The summed E-state index contributed by atoms with van der Waals surface area (Å²) in [5.74, 6) is 0.596. The maximum atomic E-state index is 11.7. The van der Waals surface area contributed by atoms with Gasteiger partial charge >= 0.3 is 0 Å². The standard InChI is InChI=1S/C11H20N2O2/c1-8(2)11(4)7-10(15)13(12-11)6-5-9(3)14/h8,12H,5-7H2,1-4H3. The molecule has 4 nitrogen and oxygen atoms in total. The molecule has 0 aromatic heterocycles. The molecule has 0 radical (unpaired) electrons. The predicted octanol–water partition coefficient (Wildman–Crippen LogP) is 1.12. The average molecular weight is 212 g/mol. The first kappa shape index (κ1) is 12.2. The van der Waals surface area contributed by atoms with Gasteiger partial charge in [0.05, 0.1) is 0 Å². The van der Waals surface area contributed by atoms with E-state index in [1.54, 1.807) is 11.9 Å². The quantitative estimate of drug-likeness (QED) is 0.759. The molecule has 1 aliphatic rings. The number of rotatable bonds is 4. The lowest BCUT2D eigenvalue weighted by Gasteiger charge is -2.29. The lowest BCUT2D eigenvalue weighted by atomic mass is 9.87. The second-order valence-electron chi connectivity index (χ2n) is 4.86. The van der Waals surface area contributed by atoms with Gasteiger partial charge in [0.2, 0.25) is 5.91 Å². The molecule has 15 heavy (non-hydrogen) atoms. The Morgan fingerprint density at radius 1 is 1.60 bits per heavy atom. The van der Waals surface area contributed by atoms with Crippen LogP contribution in [0.3, 0.4) is 0 Å². The highest BCUT2D eigenvalue weighted by atomic mass is 16.2. The van der Waals surface area contributed by atoms with Crippen LogP contribution < -0.4 is 5.43 Å². The van der Waals surface area contributed by atoms with E-state index in [0.717, 1.165) is 0 Å². The van der Waals surface area contributed by atoms with E-state index in [4.69, 9.17) is 0 Å². The zero-order valence-corrected chi connectivity index (χ0v) is 9.96. The van der Waals surface area contributed by atoms with Crippen LogP contribution in [0.4, 0.5) is 0 Å². The summed E-state index contributed by atoms with van der Waals surface area (Å²) >= 11 is 0. The number of hydrogen-bond acceptors (Lipinski definition) is 3. The number of amides is 1. The van der Waals surface area contributed by atoms with E-state index in [2.05, 4.69) is 19.3 Å². The number of carbonyl (C=O) groups is 2. The fourth-order valence-corrected chi connectivity index (χ4v) is 1.60. The van der Waals surface area contributed by atoms with Crippen LogP contribution in [0.25, 0.3) is 0 Å². The van der Waals surface area contributed by atoms with Crippen molar-refractivity contribution >= 4 is 11.7 Å². The summed E-state index contributed by atoms with van der Waals surface area (Å²) in [6.07, 6.45) is 0.940. The Morgan fingerprint density at radius 2 is 2.20 bits per heavy atom. The molecule has 1 saturated heterocycles. The Hall–Kier alpha value is -0.900. The summed E-state index contributed by atoms with van der Waals surface area (Å²) in [5, 5.41) is 1.58. The maximum Gasteiger partial charge on any atom is 0.238 e. The molecule has 0 aromatic rings. The van der Waals surface area contributed by atoms with Gasteiger partial charge in [-0.3, -0.25) is 14.6 Å². The van der Waals surface area contributed by atoms with Gasteiger partial charge in [-0.15, -0.1) is 0 Å². The van der Waals surface area contributed by atoms with Gasteiger partial charge in [-0.05, 0) is 19.8 Å². The van der Waals surface area contributed by atoms with Crippen LogP contribution in [-0.4, -0.2) is 28.8 Å². The molecule has 1 amide bonds. The Balaban J connectivity index is 2.56. The number of hydrazine groups is 1. The molecule has 1 aliphatic heterocycles. The van der Waals surface area contributed by atoms with Gasteiger partial charge in [-0.2, -0.15) is 0 Å². The molecule has 0 spiro atoms. The van der Waals surface area contributed by atoms with Crippen molar-refractivity contribution in [1.82, 2.24) is 10.4 Å². The van der Waals surface area contributed by atoms with E-state index in [9.17, 15) is 9.59 Å². The molecule has 1 heterocycles. The van der Waals surface area contributed by atoms with Gasteiger partial charge < -0.3 is 0 Å². The summed E-state index contributed by atoms with van der Waals surface area (Å²) in [6.45, 7) is 8.26. The van der Waals surface area contributed by atoms with Crippen LogP contribution in [0, 0.1) is 5.92 Å².